The van der Waals surface area contributed by atoms with Gasteiger partial charge in [0.25, 0.3) is 5.91 Å². The molecule has 0 heterocycles. The molecule has 0 aliphatic rings. The van der Waals surface area contributed by atoms with Gasteiger partial charge in [0.2, 0.25) is 0 Å². The largest absolute Gasteiger partial charge is 0.497 e. The Kier molecular flexibility index (Phi) is 3.92. The normalized spacial score (nSPS) is 10.4. The molecule has 5 heteroatoms. The van der Waals surface area contributed by atoms with Crippen LogP contribution in [-0.4, -0.2) is 13.0 Å². The summed E-state index contributed by atoms with van der Waals surface area (Å²) in [5.74, 6) is -0.0338. The number of nitrogens with one attached hydrogen (secondary N) is 1. The van der Waals surface area contributed by atoms with Crippen molar-refractivity contribution in [2.45, 2.75) is 0 Å². The maximum atomic E-state index is 10.7. The molecule has 16 heavy (non-hydrogen) atoms. The minimum absolute atomic E-state index is 0.129. The number of primary amides is 1. The summed E-state index contributed by atoms with van der Waals surface area (Å²) in [7, 11) is 1.57. The van der Waals surface area contributed by atoms with E-state index in [1.165, 1.54) is 6.20 Å². The summed E-state index contributed by atoms with van der Waals surface area (Å²) >= 11 is 0. The molecule has 1 amide bonds. The molecule has 82 valence electrons. The lowest BCUT2D eigenvalue weighted by Crippen LogP contribution is -2.13. The average Bonchev–Trinajstić information content (AvgIpc) is 2.30. The van der Waals surface area contributed by atoms with Gasteiger partial charge in [-0.15, -0.1) is 0 Å². The quantitative estimate of drug-likeness (QED) is 0.581. The van der Waals surface area contributed by atoms with E-state index in [1.54, 1.807) is 37.4 Å². The molecule has 1 rings (SSSR count). The number of carbonyl (C=O) groups excluding carboxylic acids is 1. The van der Waals surface area contributed by atoms with Crippen molar-refractivity contribution >= 4 is 11.6 Å². The third-order valence-electron chi connectivity index (χ3n) is 1.86. The lowest BCUT2D eigenvalue weighted by atomic mass is 10.3. The molecule has 0 fully saturated rings. The van der Waals surface area contributed by atoms with E-state index >= 15 is 0 Å². The van der Waals surface area contributed by atoms with Crippen LogP contribution >= 0.6 is 0 Å². The van der Waals surface area contributed by atoms with Crippen molar-refractivity contribution in [3.8, 4) is 11.8 Å². The summed E-state index contributed by atoms with van der Waals surface area (Å²) in [5, 5.41) is 11.4. The minimum atomic E-state index is -0.761. The second-order valence-electron chi connectivity index (χ2n) is 2.91. The van der Waals surface area contributed by atoms with Gasteiger partial charge >= 0.3 is 0 Å². The van der Waals surface area contributed by atoms with Crippen LogP contribution in [0.2, 0.25) is 0 Å². The predicted molar refractivity (Wildman–Crippen MR) is 59.5 cm³/mol. The molecule has 0 saturated carbocycles. The van der Waals surface area contributed by atoms with Crippen LogP contribution in [0.1, 0.15) is 0 Å². The third kappa shape index (κ3) is 3.03. The molecule has 0 aliphatic heterocycles. The number of ether oxygens (including phenoxy) is 1. The Bertz CT molecular complexity index is 443. The molecule has 0 radical (unpaired) electrons. The Labute approximate surface area is 93.1 Å². The molecule has 0 bridgehead atoms. The monoisotopic (exact) mass is 217 g/mol. The predicted octanol–water partition coefficient (Wildman–Crippen LogP) is 1.000. The number of nitrogens with zero attached hydrogens (tertiary/aromatic N) is 1. The molecule has 1 aromatic rings. The fourth-order valence-electron chi connectivity index (χ4n) is 1.00. The van der Waals surface area contributed by atoms with Crippen LogP contribution in [0.25, 0.3) is 0 Å². The molecule has 0 saturated heterocycles. The minimum Gasteiger partial charge on any atom is -0.497 e. The van der Waals surface area contributed by atoms with Crippen molar-refractivity contribution < 1.29 is 9.53 Å². The first-order valence-corrected chi connectivity index (χ1v) is 4.48. The van der Waals surface area contributed by atoms with Gasteiger partial charge in [0.1, 0.15) is 17.4 Å². The molecular formula is C11H11N3O2. The average molecular weight is 217 g/mol. The smallest absolute Gasteiger partial charge is 0.260 e. The highest BCUT2D eigenvalue weighted by Crippen LogP contribution is 2.15. The molecule has 0 atom stereocenters. The highest BCUT2D eigenvalue weighted by atomic mass is 16.5. The van der Waals surface area contributed by atoms with E-state index in [1.807, 2.05) is 0 Å². The van der Waals surface area contributed by atoms with Gasteiger partial charge in [0, 0.05) is 11.9 Å². The molecule has 0 unspecified atom stereocenters. The Balaban J connectivity index is 2.74. The second kappa shape index (κ2) is 5.41. The zero-order valence-corrected chi connectivity index (χ0v) is 8.73. The van der Waals surface area contributed by atoms with Gasteiger partial charge in [-0.05, 0) is 24.3 Å². The highest BCUT2D eigenvalue weighted by molar-refractivity contribution is 5.96. The van der Waals surface area contributed by atoms with Gasteiger partial charge in [-0.1, -0.05) is 0 Å². The summed E-state index contributed by atoms with van der Waals surface area (Å²) in [5.41, 5.74) is 5.57. The SMILES string of the molecule is COc1ccc(NC=C(C#N)C(N)=O)cc1. The van der Waals surface area contributed by atoms with E-state index in [0.717, 1.165) is 11.4 Å². The van der Waals surface area contributed by atoms with Crippen LogP contribution in [0.5, 0.6) is 5.75 Å². The number of hydrogen-bond acceptors (Lipinski definition) is 4. The third-order valence-corrected chi connectivity index (χ3v) is 1.86. The number of hydrogen-bond donors (Lipinski definition) is 2. The summed E-state index contributed by atoms with van der Waals surface area (Å²) in [6.45, 7) is 0. The van der Waals surface area contributed by atoms with Gasteiger partial charge in [0.05, 0.1) is 7.11 Å². The van der Waals surface area contributed by atoms with Gasteiger partial charge in [-0.2, -0.15) is 5.26 Å². The van der Waals surface area contributed by atoms with Gasteiger partial charge in [-0.3, -0.25) is 4.79 Å². The standard InChI is InChI=1S/C11H11N3O2/c1-16-10-4-2-9(3-5-10)14-7-8(6-12)11(13)15/h2-5,7,14H,1H3,(H2,13,15). The Morgan fingerprint density at radius 1 is 1.50 bits per heavy atom. The van der Waals surface area contributed by atoms with Crippen LogP contribution in [0.3, 0.4) is 0 Å². The first-order chi connectivity index (χ1) is 7.67. The molecule has 0 aromatic heterocycles. The first-order valence-electron chi connectivity index (χ1n) is 4.48. The Hall–Kier alpha value is -2.48. The van der Waals surface area contributed by atoms with E-state index in [9.17, 15) is 4.79 Å². The van der Waals surface area contributed by atoms with E-state index in [-0.39, 0.29) is 5.57 Å². The van der Waals surface area contributed by atoms with Gasteiger partial charge < -0.3 is 15.8 Å². The van der Waals surface area contributed by atoms with Crippen LogP contribution in [0.15, 0.2) is 36.0 Å². The molecule has 0 aliphatic carbocycles. The number of benzene rings is 1. The van der Waals surface area contributed by atoms with Gasteiger partial charge in [0.15, 0.2) is 0 Å². The molecule has 1 aromatic carbocycles. The van der Waals surface area contributed by atoms with Crippen LogP contribution < -0.4 is 15.8 Å². The number of anilines is 1. The molecular weight excluding hydrogens is 206 g/mol. The van der Waals surface area contributed by atoms with Crippen LogP contribution in [0, 0.1) is 11.3 Å². The van der Waals surface area contributed by atoms with Crippen molar-refractivity contribution in [1.29, 1.82) is 5.26 Å². The van der Waals surface area contributed by atoms with Crippen molar-refractivity contribution in [2.24, 2.45) is 5.73 Å². The number of amides is 1. The first kappa shape index (κ1) is 11.6. The number of carbonyl (C=O) groups is 1. The van der Waals surface area contributed by atoms with Gasteiger partial charge in [-0.25, -0.2) is 0 Å². The highest BCUT2D eigenvalue weighted by Gasteiger charge is 2.01. The summed E-state index contributed by atoms with van der Waals surface area (Å²) in [6.07, 6.45) is 1.27. The molecule has 3 N–H and O–H groups in total. The maximum absolute atomic E-state index is 10.7. The van der Waals surface area contributed by atoms with Crippen LogP contribution in [-0.2, 0) is 4.79 Å². The zero-order valence-electron chi connectivity index (χ0n) is 8.73. The number of nitriles is 1. The fraction of sp³-hybridized carbons (Fsp3) is 0.0909. The Morgan fingerprint density at radius 3 is 2.56 bits per heavy atom. The van der Waals surface area contributed by atoms with Crippen molar-refractivity contribution in [3.05, 3.63) is 36.0 Å². The van der Waals surface area contributed by atoms with Crippen molar-refractivity contribution in [3.63, 3.8) is 0 Å². The number of nitrogens with two attached hydrogens (primary N) is 1. The van der Waals surface area contributed by atoms with Crippen molar-refractivity contribution in [1.82, 2.24) is 0 Å². The van der Waals surface area contributed by atoms with E-state index in [2.05, 4.69) is 5.32 Å². The number of rotatable bonds is 4. The summed E-state index contributed by atoms with van der Waals surface area (Å²) in [6, 6.07) is 8.72. The molecule has 5 nitrogen and oxygen atoms in total. The van der Waals surface area contributed by atoms with E-state index in [4.69, 9.17) is 15.7 Å². The zero-order chi connectivity index (χ0) is 12.0. The second-order valence-corrected chi connectivity index (χ2v) is 2.91. The fourth-order valence-corrected chi connectivity index (χ4v) is 1.00. The van der Waals surface area contributed by atoms with E-state index in [0.29, 0.717) is 0 Å². The lowest BCUT2D eigenvalue weighted by Gasteiger charge is -2.03. The summed E-state index contributed by atoms with van der Waals surface area (Å²) in [4.78, 5) is 10.7. The molecule has 0 spiro atoms. The van der Waals surface area contributed by atoms with Crippen molar-refractivity contribution in [2.75, 3.05) is 12.4 Å². The van der Waals surface area contributed by atoms with E-state index < -0.39 is 5.91 Å². The van der Waals surface area contributed by atoms with Crippen LogP contribution in [0.4, 0.5) is 5.69 Å². The Morgan fingerprint density at radius 2 is 2.12 bits per heavy atom. The summed E-state index contributed by atoms with van der Waals surface area (Å²) < 4.78 is 4.98. The topological polar surface area (TPSA) is 88.1 Å². The number of methoxy groups -OCH3 is 1. The lowest BCUT2D eigenvalue weighted by molar-refractivity contribution is -0.114. The maximum Gasteiger partial charge on any atom is 0.260 e.